The van der Waals surface area contributed by atoms with Crippen LogP contribution in [0.25, 0.3) is 0 Å². The van der Waals surface area contributed by atoms with E-state index in [1.807, 2.05) is 5.32 Å². The monoisotopic (exact) mass is 521 g/mol. The minimum atomic E-state index is -1.72. The Labute approximate surface area is 211 Å². The molecule has 0 aliphatic heterocycles. The van der Waals surface area contributed by atoms with E-state index in [1.54, 1.807) is 30.3 Å². The molecular weight excluding hydrogens is 490 g/mol. The van der Waals surface area contributed by atoms with Gasteiger partial charge >= 0.3 is 5.97 Å². The second kappa shape index (κ2) is 14.8. The average Bonchev–Trinajstić information content (AvgIpc) is 2.80. The number of amides is 6. The van der Waals surface area contributed by atoms with Crippen molar-refractivity contribution in [2.75, 3.05) is 0 Å². The van der Waals surface area contributed by atoms with Gasteiger partial charge in [-0.1, -0.05) is 30.3 Å². The quantitative estimate of drug-likeness (QED) is 0.105. The van der Waals surface area contributed by atoms with E-state index in [0.717, 1.165) is 0 Å². The molecule has 12 N–H and O–H groups in total. The largest absolute Gasteiger partial charge is 0.480 e. The molecule has 0 heterocycles. The normalized spacial score (nSPS) is 13.8. The van der Waals surface area contributed by atoms with Crippen LogP contribution < -0.4 is 38.9 Å². The number of hydrogen-bond acceptors (Lipinski definition) is 8. The van der Waals surface area contributed by atoms with Gasteiger partial charge in [0.15, 0.2) is 0 Å². The number of nitrogens with two attached hydrogens (primary N) is 4. The molecule has 4 atom stereocenters. The third-order valence-corrected chi connectivity index (χ3v) is 5.01. The van der Waals surface area contributed by atoms with E-state index in [1.165, 1.54) is 0 Å². The van der Waals surface area contributed by atoms with E-state index >= 15 is 0 Å². The summed E-state index contributed by atoms with van der Waals surface area (Å²) in [6, 6.07) is 2.64. The SMILES string of the molecule is NC(=O)CCC(N)C(=O)NC(Cc1ccccc1)C(=O)NC(CC(N)=O)C(=O)NC(CC(N)=O)C(=O)O. The molecule has 0 saturated heterocycles. The highest BCUT2D eigenvalue weighted by Gasteiger charge is 2.32. The maximum atomic E-state index is 13.1. The van der Waals surface area contributed by atoms with E-state index in [-0.39, 0.29) is 19.3 Å². The predicted molar refractivity (Wildman–Crippen MR) is 128 cm³/mol. The number of benzene rings is 1. The number of hydrogen-bond donors (Lipinski definition) is 8. The number of nitrogens with one attached hydrogen (secondary N) is 3. The zero-order chi connectivity index (χ0) is 28.1. The van der Waals surface area contributed by atoms with E-state index in [0.29, 0.717) is 5.56 Å². The molecular formula is C22H31N7O8. The molecule has 0 saturated carbocycles. The number of carboxylic acids is 1. The molecule has 15 heteroatoms. The third kappa shape index (κ3) is 11.6. The standard InChI is InChI=1S/C22H31N7O8/c23-12(6-7-16(24)30)19(33)27-13(8-11-4-2-1-3-5-11)20(34)28-14(9-17(25)31)21(35)29-15(22(36)37)10-18(26)32/h1-5,12-15H,6-10,23H2,(H2,24,30)(H2,25,31)(H2,26,32)(H,27,33)(H,28,34)(H,29,35)(H,36,37). The minimum absolute atomic E-state index is 0.0503. The summed E-state index contributed by atoms with van der Waals surface area (Å²) in [7, 11) is 0. The second-order valence-corrected chi connectivity index (χ2v) is 8.16. The minimum Gasteiger partial charge on any atom is -0.480 e. The van der Waals surface area contributed by atoms with Gasteiger partial charge in [0.25, 0.3) is 0 Å². The maximum absolute atomic E-state index is 13.1. The number of carboxylic acid groups (broad SMARTS) is 1. The number of rotatable bonds is 16. The number of primary amides is 3. The average molecular weight is 522 g/mol. The molecule has 0 radical (unpaired) electrons. The lowest BCUT2D eigenvalue weighted by atomic mass is 10.0. The third-order valence-electron chi connectivity index (χ3n) is 5.01. The number of carbonyl (C=O) groups excluding carboxylic acids is 6. The van der Waals surface area contributed by atoms with Crippen molar-refractivity contribution in [2.45, 2.75) is 56.3 Å². The molecule has 0 aliphatic carbocycles. The predicted octanol–water partition coefficient (Wildman–Crippen LogP) is -3.89. The van der Waals surface area contributed by atoms with E-state index < -0.39 is 78.4 Å². The Kier molecular flexibility index (Phi) is 12.2. The van der Waals surface area contributed by atoms with Crippen LogP contribution >= 0.6 is 0 Å². The molecule has 0 bridgehead atoms. The molecule has 202 valence electrons. The first-order valence-corrected chi connectivity index (χ1v) is 11.1. The van der Waals surface area contributed by atoms with Crippen molar-refractivity contribution in [1.82, 2.24) is 16.0 Å². The van der Waals surface area contributed by atoms with Crippen LogP contribution in [0.5, 0.6) is 0 Å². The van der Waals surface area contributed by atoms with Crippen LogP contribution in [-0.2, 0) is 40.0 Å². The summed E-state index contributed by atoms with van der Waals surface area (Å²) in [4.78, 5) is 83.3. The van der Waals surface area contributed by atoms with Gasteiger partial charge in [-0.2, -0.15) is 0 Å². The van der Waals surface area contributed by atoms with E-state index in [9.17, 15) is 38.7 Å². The van der Waals surface area contributed by atoms with Crippen LogP contribution in [0.4, 0.5) is 0 Å². The Hall–Kier alpha value is -4.53. The lowest BCUT2D eigenvalue weighted by Gasteiger charge is -2.24. The molecule has 0 fully saturated rings. The van der Waals surface area contributed by atoms with Crippen molar-refractivity contribution in [3.63, 3.8) is 0 Å². The summed E-state index contributed by atoms with van der Waals surface area (Å²) in [6.07, 6.45) is -1.75. The molecule has 37 heavy (non-hydrogen) atoms. The summed E-state index contributed by atoms with van der Waals surface area (Å²) in [5, 5.41) is 15.9. The highest BCUT2D eigenvalue weighted by molar-refractivity contribution is 5.97. The van der Waals surface area contributed by atoms with Gasteiger partial charge in [0.05, 0.1) is 18.9 Å². The topological polar surface area (TPSA) is 280 Å². The Morgan fingerprint density at radius 1 is 0.703 bits per heavy atom. The summed E-state index contributed by atoms with van der Waals surface area (Å²) in [5.74, 6) is -7.07. The van der Waals surface area contributed by atoms with E-state index in [2.05, 4.69) is 10.6 Å². The fourth-order valence-electron chi connectivity index (χ4n) is 3.12. The van der Waals surface area contributed by atoms with Gasteiger partial charge in [0, 0.05) is 12.8 Å². The molecule has 0 spiro atoms. The van der Waals surface area contributed by atoms with Gasteiger partial charge in [0.2, 0.25) is 35.4 Å². The molecule has 4 unspecified atom stereocenters. The Morgan fingerprint density at radius 2 is 1.19 bits per heavy atom. The first-order chi connectivity index (χ1) is 17.3. The van der Waals surface area contributed by atoms with Gasteiger partial charge in [-0.3, -0.25) is 28.8 Å². The molecule has 15 nitrogen and oxygen atoms in total. The first kappa shape index (κ1) is 30.5. The van der Waals surface area contributed by atoms with Crippen molar-refractivity contribution in [3.8, 4) is 0 Å². The summed E-state index contributed by atoms with van der Waals surface area (Å²) >= 11 is 0. The van der Waals surface area contributed by atoms with Crippen LogP contribution in [0, 0.1) is 0 Å². The Balaban J connectivity index is 3.11. The molecule has 0 aliphatic rings. The van der Waals surface area contributed by atoms with Crippen LogP contribution in [0.3, 0.4) is 0 Å². The van der Waals surface area contributed by atoms with Gasteiger partial charge in [0.1, 0.15) is 18.1 Å². The smallest absolute Gasteiger partial charge is 0.326 e. The number of aliphatic carboxylic acids is 1. The van der Waals surface area contributed by atoms with Crippen molar-refractivity contribution >= 4 is 41.4 Å². The van der Waals surface area contributed by atoms with Crippen molar-refractivity contribution in [3.05, 3.63) is 35.9 Å². The van der Waals surface area contributed by atoms with E-state index in [4.69, 9.17) is 22.9 Å². The highest BCUT2D eigenvalue weighted by atomic mass is 16.4. The molecule has 6 amide bonds. The van der Waals surface area contributed by atoms with Gasteiger partial charge in [-0.25, -0.2) is 4.79 Å². The van der Waals surface area contributed by atoms with Crippen molar-refractivity contribution in [1.29, 1.82) is 0 Å². The summed E-state index contributed by atoms with van der Waals surface area (Å²) in [5.41, 5.74) is 21.6. The zero-order valence-corrected chi connectivity index (χ0v) is 19.8. The molecule has 1 aromatic rings. The summed E-state index contributed by atoms with van der Waals surface area (Å²) in [6.45, 7) is 0. The summed E-state index contributed by atoms with van der Waals surface area (Å²) < 4.78 is 0. The zero-order valence-electron chi connectivity index (χ0n) is 19.8. The second-order valence-electron chi connectivity index (χ2n) is 8.16. The van der Waals surface area contributed by atoms with Gasteiger partial charge in [-0.15, -0.1) is 0 Å². The van der Waals surface area contributed by atoms with Crippen LogP contribution in [0.1, 0.15) is 31.2 Å². The van der Waals surface area contributed by atoms with Crippen LogP contribution in [0.15, 0.2) is 30.3 Å². The van der Waals surface area contributed by atoms with Gasteiger partial charge in [-0.05, 0) is 12.0 Å². The fourth-order valence-corrected chi connectivity index (χ4v) is 3.12. The lowest BCUT2D eigenvalue weighted by Crippen LogP contribution is -2.58. The maximum Gasteiger partial charge on any atom is 0.326 e. The first-order valence-electron chi connectivity index (χ1n) is 11.1. The Morgan fingerprint density at radius 3 is 1.70 bits per heavy atom. The van der Waals surface area contributed by atoms with Crippen LogP contribution in [0.2, 0.25) is 0 Å². The fraction of sp³-hybridized carbons (Fsp3) is 0.409. The highest BCUT2D eigenvalue weighted by Crippen LogP contribution is 2.06. The van der Waals surface area contributed by atoms with Crippen molar-refractivity contribution in [2.24, 2.45) is 22.9 Å². The van der Waals surface area contributed by atoms with Crippen molar-refractivity contribution < 1.29 is 38.7 Å². The molecule has 0 aromatic heterocycles. The lowest BCUT2D eigenvalue weighted by molar-refractivity contribution is -0.144. The molecule has 1 rings (SSSR count). The molecule has 1 aromatic carbocycles. The van der Waals surface area contributed by atoms with Gasteiger partial charge < -0.3 is 44.0 Å². The number of carbonyl (C=O) groups is 7. The Bertz CT molecular complexity index is 1020. The van der Waals surface area contributed by atoms with Crippen LogP contribution in [-0.4, -0.2) is 70.7 Å².